The summed E-state index contributed by atoms with van der Waals surface area (Å²) < 4.78 is 0. The molecule has 3 aliphatic rings. The van der Waals surface area contributed by atoms with Crippen LogP contribution in [0, 0.1) is 35.5 Å². The van der Waals surface area contributed by atoms with Crippen LogP contribution >= 0.6 is 0 Å². The molecule has 0 bridgehead atoms. The maximum atomic E-state index is 12.8. The predicted octanol–water partition coefficient (Wildman–Crippen LogP) is 5.52. The third kappa shape index (κ3) is 3.75. The number of hydrogen-bond donors (Lipinski definition) is 0. The number of rotatable bonds is 6. The number of amides is 2. The molecule has 29 heavy (non-hydrogen) atoms. The first-order chi connectivity index (χ1) is 14.0. The van der Waals surface area contributed by atoms with Crippen LogP contribution in [-0.2, 0) is 0 Å². The molecule has 1 aromatic carbocycles. The third-order valence-electron chi connectivity index (χ3n) is 7.33. The number of carbonyl (C=O) groups is 2. The molecule has 0 saturated heterocycles. The van der Waals surface area contributed by atoms with E-state index < -0.39 is 0 Å². The van der Waals surface area contributed by atoms with Crippen LogP contribution in [0.3, 0.4) is 0 Å². The van der Waals surface area contributed by atoms with Crippen molar-refractivity contribution in [3.05, 3.63) is 72.9 Å². The zero-order valence-electron chi connectivity index (χ0n) is 17.3. The number of allylic oxidation sites excluding steroid dienone is 4. The monoisotopic (exact) mass is 389 g/mol. The molecular weight excluding hydrogens is 358 g/mol. The van der Waals surface area contributed by atoms with E-state index in [1.807, 2.05) is 18.2 Å². The molecule has 2 saturated carbocycles. The fourth-order valence-electron chi connectivity index (χ4n) is 5.60. The summed E-state index contributed by atoms with van der Waals surface area (Å²) in [6.45, 7) is 10.8. The zero-order chi connectivity index (χ0) is 20.5. The highest BCUT2D eigenvalue weighted by atomic mass is 16.2. The summed E-state index contributed by atoms with van der Waals surface area (Å²) in [6.07, 6.45) is 13.3. The van der Waals surface area contributed by atoms with Crippen LogP contribution in [0.4, 0.5) is 0 Å². The van der Waals surface area contributed by atoms with Gasteiger partial charge in [0.05, 0.1) is 11.1 Å². The van der Waals surface area contributed by atoms with E-state index in [9.17, 15) is 9.59 Å². The van der Waals surface area contributed by atoms with E-state index in [0.717, 1.165) is 12.8 Å². The highest BCUT2D eigenvalue weighted by molar-refractivity contribution is 6.21. The molecule has 2 aliphatic carbocycles. The van der Waals surface area contributed by atoms with Crippen LogP contribution in [0.25, 0.3) is 0 Å². The van der Waals surface area contributed by atoms with Crippen molar-refractivity contribution in [2.45, 2.75) is 32.6 Å². The number of imide groups is 1. The van der Waals surface area contributed by atoms with Gasteiger partial charge in [-0.1, -0.05) is 43.4 Å². The van der Waals surface area contributed by atoms with Gasteiger partial charge in [0.1, 0.15) is 0 Å². The molecule has 4 rings (SSSR count). The molecule has 3 nitrogen and oxygen atoms in total. The van der Waals surface area contributed by atoms with Crippen molar-refractivity contribution in [1.29, 1.82) is 0 Å². The first-order valence-corrected chi connectivity index (χ1v) is 10.9. The Labute approximate surface area is 174 Å². The molecule has 1 heterocycles. The van der Waals surface area contributed by atoms with Gasteiger partial charge in [-0.3, -0.25) is 14.5 Å². The predicted molar refractivity (Wildman–Crippen MR) is 116 cm³/mol. The summed E-state index contributed by atoms with van der Waals surface area (Å²) >= 11 is 0. The lowest BCUT2D eigenvalue weighted by molar-refractivity contribution is 0.0622. The summed E-state index contributed by atoms with van der Waals surface area (Å²) in [7, 11) is 0. The molecule has 0 spiro atoms. The molecule has 3 heteroatoms. The van der Waals surface area contributed by atoms with Crippen LogP contribution in [-0.4, -0.2) is 23.3 Å². The van der Waals surface area contributed by atoms with Crippen LogP contribution < -0.4 is 0 Å². The fraction of sp³-hybridized carbons (Fsp3) is 0.462. The average Bonchev–Trinajstić information content (AvgIpc) is 3.37. The van der Waals surface area contributed by atoms with Gasteiger partial charge < -0.3 is 0 Å². The molecular formula is C26H31NO2. The lowest BCUT2D eigenvalue weighted by atomic mass is 9.93. The van der Waals surface area contributed by atoms with Crippen molar-refractivity contribution in [3.63, 3.8) is 0 Å². The largest absolute Gasteiger partial charge is 0.274 e. The molecule has 6 unspecified atom stereocenters. The number of benzene rings is 1. The molecule has 1 aromatic rings. The minimum absolute atomic E-state index is 0.145. The van der Waals surface area contributed by atoms with Gasteiger partial charge in [0.2, 0.25) is 0 Å². The van der Waals surface area contributed by atoms with Crippen molar-refractivity contribution in [2.75, 3.05) is 6.54 Å². The van der Waals surface area contributed by atoms with E-state index in [2.05, 4.69) is 38.3 Å². The van der Waals surface area contributed by atoms with Gasteiger partial charge in [0, 0.05) is 6.54 Å². The second-order valence-corrected chi connectivity index (χ2v) is 9.15. The molecule has 0 N–H and O–H groups in total. The average molecular weight is 390 g/mol. The lowest BCUT2D eigenvalue weighted by Gasteiger charge is -2.22. The summed E-state index contributed by atoms with van der Waals surface area (Å²) in [5.74, 6) is 2.77. The number of nitrogens with zero attached hydrogens (tertiary/aromatic N) is 1. The van der Waals surface area contributed by atoms with Crippen molar-refractivity contribution in [2.24, 2.45) is 35.5 Å². The smallest absolute Gasteiger partial charge is 0.261 e. The van der Waals surface area contributed by atoms with Crippen LogP contribution in [0.2, 0.25) is 0 Å². The van der Waals surface area contributed by atoms with E-state index >= 15 is 0 Å². The number of hydrogen-bond acceptors (Lipinski definition) is 2. The van der Waals surface area contributed by atoms with Crippen LogP contribution in [0.15, 0.2) is 61.7 Å². The summed E-state index contributed by atoms with van der Waals surface area (Å²) in [5, 5.41) is 0. The van der Waals surface area contributed by atoms with Gasteiger partial charge in [-0.2, -0.15) is 0 Å². The van der Waals surface area contributed by atoms with E-state index in [1.165, 1.54) is 17.7 Å². The zero-order valence-corrected chi connectivity index (χ0v) is 17.3. The van der Waals surface area contributed by atoms with E-state index in [0.29, 0.717) is 53.2 Å². The van der Waals surface area contributed by atoms with E-state index in [4.69, 9.17) is 0 Å². The van der Waals surface area contributed by atoms with Crippen molar-refractivity contribution in [3.8, 4) is 0 Å². The Morgan fingerprint density at radius 2 is 1.55 bits per heavy atom. The molecule has 152 valence electrons. The van der Waals surface area contributed by atoms with Crippen LogP contribution in [0.5, 0.6) is 0 Å². The Morgan fingerprint density at radius 3 is 2.14 bits per heavy atom. The fourth-order valence-corrected chi connectivity index (χ4v) is 5.60. The molecule has 2 fully saturated rings. The van der Waals surface area contributed by atoms with Gasteiger partial charge >= 0.3 is 0 Å². The molecule has 0 aromatic heterocycles. The summed E-state index contributed by atoms with van der Waals surface area (Å²) in [6, 6.07) is 7.15. The number of carbonyl (C=O) groups excluding carboxylic acids is 2. The quantitative estimate of drug-likeness (QED) is 0.475. The van der Waals surface area contributed by atoms with E-state index in [1.54, 1.807) is 12.1 Å². The van der Waals surface area contributed by atoms with Gasteiger partial charge in [0.25, 0.3) is 11.8 Å². The molecule has 2 amide bonds. The lowest BCUT2D eigenvalue weighted by Crippen LogP contribution is -2.35. The van der Waals surface area contributed by atoms with Gasteiger partial charge in [-0.25, -0.2) is 0 Å². The van der Waals surface area contributed by atoms with Crippen molar-refractivity contribution >= 4 is 11.8 Å². The summed E-state index contributed by atoms with van der Waals surface area (Å²) in [4.78, 5) is 27.0. The Balaban J connectivity index is 1.47. The molecule has 1 aliphatic heterocycles. The third-order valence-corrected chi connectivity index (χ3v) is 7.33. The highest BCUT2D eigenvalue weighted by Gasteiger charge is 2.40. The second kappa shape index (κ2) is 8.14. The maximum Gasteiger partial charge on any atom is 0.261 e. The van der Waals surface area contributed by atoms with E-state index in [-0.39, 0.29) is 11.8 Å². The second-order valence-electron chi connectivity index (χ2n) is 9.15. The van der Waals surface area contributed by atoms with Gasteiger partial charge in [0.15, 0.2) is 0 Å². The minimum Gasteiger partial charge on any atom is -0.274 e. The van der Waals surface area contributed by atoms with Gasteiger partial charge in [-0.15, -0.1) is 13.2 Å². The topological polar surface area (TPSA) is 37.4 Å². The molecule has 0 radical (unpaired) electrons. The SMILES string of the molecule is C=CC1CC(C=CC2CC(C)C(C=C)C2)C(CN2C(=O)c3ccccc3C2=O)C1. The normalized spacial score (nSPS) is 34.2. The number of fused-ring (bicyclic) bond motifs is 1. The first kappa shape index (κ1) is 19.9. The summed E-state index contributed by atoms with van der Waals surface area (Å²) in [5.41, 5.74) is 1.08. The maximum absolute atomic E-state index is 12.8. The van der Waals surface area contributed by atoms with Gasteiger partial charge in [-0.05, 0) is 73.3 Å². The minimum atomic E-state index is -0.145. The first-order valence-electron chi connectivity index (χ1n) is 10.9. The Bertz CT molecular complexity index is 819. The van der Waals surface area contributed by atoms with Crippen molar-refractivity contribution in [1.82, 2.24) is 4.90 Å². The highest BCUT2D eigenvalue weighted by Crippen LogP contribution is 2.42. The van der Waals surface area contributed by atoms with Crippen molar-refractivity contribution < 1.29 is 9.59 Å². The Hall–Kier alpha value is -2.42. The Kier molecular flexibility index (Phi) is 5.58. The molecule has 6 atom stereocenters. The standard InChI is InChI=1S/C26H31NO2/c1-4-18-13-21(11-10-19-12-17(3)20(5-2)15-19)22(14-18)16-27-25(28)23-8-6-7-9-24(23)26(27)29/h4-11,17-22H,1-2,12-16H2,3H3. The van der Waals surface area contributed by atoms with Crippen LogP contribution in [0.1, 0.15) is 53.3 Å². The Morgan fingerprint density at radius 1 is 0.897 bits per heavy atom.